The summed E-state index contributed by atoms with van der Waals surface area (Å²) in [5, 5.41) is 3.78. The fraction of sp³-hybridized carbons (Fsp3) is 0.0667. The molecule has 0 spiro atoms. The van der Waals surface area contributed by atoms with Gasteiger partial charge in [0, 0.05) is 10.6 Å². The highest BCUT2D eigenvalue weighted by atomic mass is 35.5. The Bertz CT molecular complexity index is 687. The lowest BCUT2D eigenvalue weighted by molar-refractivity contribution is -0.115. The first-order chi connectivity index (χ1) is 9.95. The molecule has 3 nitrogen and oxygen atoms in total. The molecule has 21 heavy (non-hydrogen) atoms. The smallest absolute Gasteiger partial charge is 0.228 e. The van der Waals surface area contributed by atoms with Crippen LogP contribution in [0.1, 0.15) is 11.1 Å². The van der Waals surface area contributed by atoms with Gasteiger partial charge in [-0.05, 0) is 35.9 Å². The minimum absolute atomic E-state index is 0.165. The third-order valence-electron chi connectivity index (χ3n) is 2.81. The molecule has 0 bridgehead atoms. The highest BCUT2D eigenvalue weighted by Gasteiger charge is 2.08. The normalized spacial score (nSPS) is 10.2. The van der Waals surface area contributed by atoms with E-state index in [1.165, 1.54) is 0 Å². The Morgan fingerprint density at radius 1 is 1.14 bits per heavy atom. The van der Waals surface area contributed by atoms with Gasteiger partial charge in [0.25, 0.3) is 0 Å². The molecular weight excluding hydrogens is 327 g/mol. The van der Waals surface area contributed by atoms with Gasteiger partial charge in [-0.1, -0.05) is 47.6 Å². The molecule has 0 saturated heterocycles. The highest BCUT2D eigenvalue weighted by Crippen LogP contribution is 2.23. The van der Waals surface area contributed by atoms with E-state index in [1.807, 2.05) is 0 Å². The molecule has 108 valence electrons. The SMILES string of the molecule is NC(=S)c1ccc(NC(=O)Cc2ccc(Cl)cc2)c(Cl)c1. The van der Waals surface area contributed by atoms with Crippen molar-refractivity contribution in [1.29, 1.82) is 0 Å². The quantitative estimate of drug-likeness (QED) is 0.833. The molecular formula is C15H12Cl2N2OS. The van der Waals surface area contributed by atoms with E-state index in [-0.39, 0.29) is 17.3 Å². The van der Waals surface area contributed by atoms with Gasteiger partial charge in [0.05, 0.1) is 17.1 Å². The van der Waals surface area contributed by atoms with Crippen molar-refractivity contribution in [2.45, 2.75) is 6.42 Å². The lowest BCUT2D eigenvalue weighted by atomic mass is 10.1. The molecule has 3 N–H and O–H groups in total. The molecule has 0 aliphatic rings. The van der Waals surface area contributed by atoms with Crippen molar-refractivity contribution in [3.63, 3.8) is 0 Å². The minimum Gasteiger partial charge on any atom is -0.389 e. The van der Waals surface area contributed by atoms with Crippen LogP contribution in [0.4, 0.5) is 5.69 Å². The molecule has 2 aromatic rings. The number of amides is 1. The molecule has 0 aromatic heterocycles. The lowest BCUT2D eigenvalue weighted by Gasteiger charge is -2.09. The van der Waals surface area contributed by atoms with E-state index in [9.17, 15) is 4.79 Å². The molecule has 1 amide bonds. The minimum atomic E-state index is -0.165. The van der Waals surface area contributed by atoms with Crippen molar-refractivity contribution in [1.82, 2.24) is 0 Å². The number of halogens is 2. The van der Waals surface area contributed by atoms with E-state index in [1.54, 1.807) is 42.5 Å². The molecule has 0 fully saturated rings. The summed E-state index contributed by atoms with van der Waals surface area (Å²) >= 11 is 16.8. The van der Waals surface area contributed by atoms with Crippen molar-refractivity contribution >= 4 is 52.0 Å². The number of benzene rings is 2. The standard InChI is InChI=1S/C15H12Cl2N2OS/c16-11-4-1-9(2-5-11)7-14(20)19-13-6-3-10(15(18)21)8-12(13)17/h1-6,8H,7H2,(H2,18,21)(H,19,20). The summed E-state index contributed by atoms with van der Waals surface area (Å²) in [7, 11) is 0. The number of carbonyl (C=O) groups is 1. The summed E-state index contributed by atoms with van der Waals surface area (Å²) in [5.74, 6) is -0.165. The van der Waals surface area contributed by atoms with Crippen LogP contribution in [-0.4, -0.2) is 10.9 Å². The maximum atomic E-state index is 12.0. The first kappa shape index (κ1) is 15.8. The fourth-order valence-corrected chi connectivity index (χ4v) is 2.23. The van der Waals surface area contributed by atoms with E-state index >= 15 is 0 Å². The van der Waals surface area contributed by atoms with Crippen LogP contribution in [0.25, 0.3) is 0 Å². The van der Waals surface area contributed by atoms with Crippen molar-refractivity contribution in [3.05, 3.63) is 63.6 Å². The molecule has 0 saturated carbocycles. The number of hydrogen-bond donors (Lipinski definition) is 2. The van der Waals surface area contributed by atoms with Gasteiger partial charge < -0.3 is 11.1 Å². The second-order valence-electron chi connectivity index (χ2n) is 4.41. The summed E-state index contributed by atoms with van der Waals surface area (Å²) < 4.78 is 0. The number of rotatable bonds is 4. The Morgan fingerprint density at radius 2 is 1.81 bits per heavy atom. The largest absolute Gasteiger partial charge is 0.389 e. The fourth-order valence-electron chi connectivity index (χ4n) is 1.75. The number of nitrogens with two attached hydrogens (primary N) is 1. The number of anilines is 1. The summed E-state index contributed by atoms with van der Waals surface area (Å²) in [6, 6.07) is 12.1. The van der Waals surface area contributed by atoms with Gasteiger partial charge in [-0.25, -0.2) is 0 Å². The summed E-state index contributed by atoms with van der Waals surface area (Å²) in [6.45, 7) is 0. The van der Waals surface area contributed by atoms with Crippen LogP contribution < -0.4 is 11.1 Å². The molecule has 0 radical (unpaired) electrons. The second-order valence-corrected chi connectivity index (χ2v) is 5.69. The van der Waals surface area contributed by atoms with E-state index < -0.39 is 0 Å². The monoisotopic (exact) mass is 338 g/mol. The molecule has 0 aliphatic heterocycles. The van der Waals surface area contributed by atoms with E-state index in [4.69, 9.17) is 41.2 Å². The number of hydrogen-bond acceptors (Lipinski definition) is 2. The van der Waals surface area contributed by atoms with Crippen LogP contribution >= 0.6 is 35.4 Å². The topological polar surface area (TPSA) is 55.1 Å². The summed E-state index contributed by atoms with van der Waals surface area (Å²) in [4.78, 5) is 12.2. The first-order valence-corrected chi connectivity index (χ1v) is 7.26. The zero-order valence-electron chi connectivity index (χ0n) is 10.9. The van der Waals surface area contributed by atoms with Crippen molar-refractivity contribution in [2.24, 2.45) is 5.73 Å². The Morgan fingerprint density at radius 3 is 2.38 bits per heavy atom. The molecule has 6 heteroatoms. The molecule has 2 aromatic carbocycles. The first-order valence-electron chi connectivity index (χ1n) is 6.09. The Labute approximate surface area is 138 Å². The van der Waals surface area contributed by atoms with Crippen LogP contribution in [0.3, 0.4) is 0 Å². The van der Waals surface area contributed by atoms with Gasteiger partial charge >= 0.3 is 0 Å². The highest BCUT2D eigenvalue weighted by molar-refractivity contribution is 7.80. The average Bonchev–Trinajstić information content (AvgIpc) is 2.43. The zero-order valence-corrected chi connectivity index (χ0v) is 13.2. The second kappa shape index (κ2) is 6.89. The summed E-state index contributed by atoms with van der Waals surface area (Å²) in [5.41, 5.74) is 7.57. The van der Waals surface area contributed by atoms with Crippen molar-refractivity contribution < 1.29 is 4.79 Å². The van der Waals surface area contributed by atoms with Gasteiger partial charge in [0.2, 0.25) is 5.91 Å². The molecule has 2 rings (SSSR count). The number of carbonyl (C=O) groups excluding carboxylic acids is 1. The summed E-state index contributed by atoms with van der Waals surface area (Å²) in [6.07, 6.45) is 0.241. The maximum Gasteiger partial charge on any atom is 0.228 e. The van der Waals surface area contributed by atoms with Gasteiger partial charge in [-0.2, -0.15) is 0 Å². The van der Waals surface area contributed by atoms with Gasteiger partial charge in [-0.3, -0.25) is 4.79 Å². The van der Waals surface area contributed by atoms with E-state index in [0.29, 0.717) is 21.3 Å². The van der Waals surface area contributed by atoms with Crippen LogP contribution in [0, 0.1) is 0 Å². The van der Waals surface area contributed by atoms with E-state index in [0.717, 1.165) is 5.56 Å². The van der Waals surface area contributed by atoms with Crippen molar-refractivity contribution in [3.8, 4) is 0 Å². The Kier molecular flexibility index (Phi) is 5.17. The lowest BCUT2D eigenvalue weighted by Crippen LogP contribution is -2.15. The Balaban J connectivity index is 2.06. The van der Waals surface area contributed by atoms with Crippen LogP contribution in [0.15, 0.2) is 42.5 Å². The Hall–Kier alpha value is -1.62. The third kappa shape index (κ3) is 4.43. The van der Waals surface area contributed by atoms with Gasteiger partial charge in [0.15, 0.2) is 0 Å². The maximum absolute atomic E-state index is 12.0. The van der Waals surface area contributed by atoms with Crippen LogP contribution in [0.2, 0.25) is 10.0 Å². The number of thiocarbonyl (C=S) groups is 1. The van der Waals surface area contributed by atoms with Crippen molar-refractivity contribution in [2.75, 3.05) is 5.32 Å². The van der Waals surface area contributed by atoms with Crippen LogP contribution in [-0.2, 0) is 11.2 Å². The molecule has 0 heterocycles. The van der Waals surface area contributed by atoms with Crippen LogP contribution in [0.5, 0.6) is 0 Å². The predicted octanol–water partition coefficient (Wildman–Crippen LogP) is 3.81. The average molecular weight is 339 g/mol. The van der Waals surface area contributed by atoms with Gasteiger partial charge in [-0.15, -0.1) is 0 Å². The van der Waals surface area contributed by atoms with E-state index in [2.05, 4.69) is 5.32 Å². The number of nitrogens with one attached hydrogen (secondary N) is 1. The predicted molar refractivity (Wildman–Crippen MR) is 91.1 cm³/mol. The molecule has 0 atom stereocenters. The zero-order chi connectivity index (χ0) is 15.4. The molecule has 0 aliphatic carbocycles. The molecule has 0 unspecified atom stereocenters. The van der Waals surface area contributed by atoms with Gasteiger partial charge in [0.1, 0.15) is 4.99 Å². The third-order valence-corrected chi connectivity index (χ3v) is 3.61.